The van der Waals surface area contributed by atoms with Crippen molar-refractivity contribution >= 4 is 38.2 Å². The molecule has 2 rings (SSSR count). The van der Waals surface area contributed by atoms with Gasteiger partial charge in [-0.05, 0) is 54.5 Å². The van der Waals surface area contributed by atoms with Gasteiger partial charge in [-0.2, -0.15) is 16.8 Å². The number of carbonyl (C=O) groups excluding carboxylic acids is 1. The molecule has 2 aromatic carbocycles. The highest BCUT2D eigenvalue weighted by molar-refractivity contribution is 7.86. The van der Waals surface area contributed by atoms with Crippen molar-refractivity contribution in [3.63, 3.8) is 0 Å². The number of amides is 1. The summed E-state index contributed by atoms with van der Waals surface area (Å²) in [5.41, 5.74) is 9.21. The zero-order valence-electron chi connectivity index (χ0n) is 20.0. The van der Waals surface area contributed by atoms with Crippen molar-refractivity contribution in [2.45, 2.75) is 13.5 Å². The number of rotatable bonds is 9. The molecule has 13 heteroatoms. The first-order chi connectivity index (χ1) is 16.2. The van der Waals surface area contributed by atoms with Crippen LogP contribution in [0.3, 0.4) is 0 Å². The average Bonchev–Trinajstić information content (AvgIpc) is 2.75. The second-order valence-electron chi connectivity index (χ2n) is 7.91. The maximum absolute atomic E-state index is 13.1. The number of nitrogens with two attached hydrogens (primary N) is 1. The standard InChI is InChI=1S/C22H28N4O7S2/c1-16(21(27)26(33-35(5,30)31)22(23)24-32-34(4,28)29)14-18-12-9-13-19(20(18)15-25(2)3)17-10-7-6-8-11-17/h6-14H,15H2,1-5H3,(H2,23,24)/b16-14+. The van der Waals surface area contributed by atoms with E-state index in [1.807, 2.05) is 67.5 Å². The predicted octanol–water partition coefficient (Wildman–Crippen LogP) is 1.74. The lowest BCUT2D eigenvalue weighted by atomic mass is 9.94. The van der Waals surface area contributed by atoms with E-state index in [1.165, 1.54) is 6.92 Å². The molecule has 0 fully saturated rings. The summed E-state index contributed by atoms with van der Waals surface area (Å²) in [4.78, 5) is 15.0. The Kier molecular flexibility index (Phi) is 9.15. The summed E-state index contributed by atoms with van der Waals surface area (Å²) in [6.45, 7) is 1.98. The lowest BCUT2D eigenvalue weighted by molar-refractivity contribution is -0.139. The monoisotopic (exact) mass is 524 g/mol. The highest BCUT2D eigenvalue weighted by Gasteiger charge is 2.26. The summed E-state index contributed by atoms with van der Waals surface area (Å²) >= 11 is 0. The van der Waals surface area contributed by atoms with Gasteiger partial charge < -0.3 is 10.6 Å². The van der Waals surface area contributed by atoms with E-state index in [0.717, 1.165) is 16.7 Å². The van der Waals surface area contributed by atoms with Gasteiger partial charge >= 0.3 is 10.1 Å². The Bertz CT molecular complexity index is 1340. The van der Waals surface area contributed by atoms with Gasteiger partial charge in [-0.3, -0.25) is 9.08 Å². The third kappa shape index (κ3) is 8.79. The number of guanidine groups is 1. The molecular formula is C22H28N4O7S2. The first-order valence-corrected chi connectivity index (χ1v) is 13.8. The van der Waals surface area contributed by atoms with Crippen LogP contribution in [0, 0.1) is 0 Å². The first kappa shape index (κ1) is 28.0. The number of nitrogens with zero attached hydrogens (tertiary/aromatic N) is 3. The van der Waals surface area contributed by atoms with Gasteiger partial charge in [0.05, 0.1) is 12.5 Å². The molecule has 0 aliphatic heterocycles. The van der Waals surface area contributed by atoms with E-state index in [0.29, 0.717) is 24.6 Å². The van der Waals surface area contributed by atoms with Crippen LogP contribution in [0.25, 0.3) is 17.2 Å². The second-order valence-corrected chi connectivity index (χ2v) is 11.0. The van der Waals surface area contributed by atoms with Gasteiger partial charge in [0.25, 0.3) is 22.0 Å². The van der Waals surface area contributed by atoms with Crippen LogP contribution in [-0.4, -0.2) is 65.3 Å². The molecule has 0 aromatic heterocycles. The van der Waals surface area contributed by atoms with E-state index >= 15 is 0 Å². The maximum atomic E-state index is 13.1. The normalized spacial score (nSPS) is 13.1. The van der Waals surface area contributed by atoms with Crippen molar-refractivity contribution in [2.75, 3.05) is 26.6 Å². The van der Waals surface area contributed by atoms with Crippen LogP contribution in [-0.2, 0) is 40.1 Å². The predicted molar refractivity (Wildman–Crippen MR) is 133 cm³/mol. The van der Waals surface area contributed by atoms with Gasteiger partial charge in [-0.1, -0.05) is 48.5 Å². The summed E-state index contributed by atoms with van der Waals surface area (Å²) in [6.07, 6.45) is 2.94. The van der Waals surface area contributed by atoms with Gasteiger partial charge in [0.2, 0.25) is 0 Å². The molecule has 0 saturated carbocycles. The van der Waals surface area contributed by atoms with Crippen LogP contribution in [0.4, 0.5) is 0 Å². The fraction of sp³-hybridized carbons (Fsp3) is 0.273. The molecule has 2 N–H and O–H groups in total. The van der Waals surface area contributed by atoms with Gasteiger partial charge in [0.1, 0.15) is 0 Å². The van der Waals surface area contributed by atoms with Crippen molar-refractivity contribution in [3.05, 3.63) is 65.2 Å². The zero-order chi connectivity index (χ0) is 26.4. The third-order valence-corrected chi connectivity index (χ3v) is 5.11. The van der Waals surface area contributed by atoms with Crippen molar-refractivity contribution in [1.29, 1.82) is 0 Å². The fourth-order valence-corrected chi connectivity index (χ4v) is 3.66. The van der Waals surface area contributed by atoms with Gasteiger partial charge in [0.15, 0.2) is 0 Å². The van der Waals surface area contributed by atoms with Crippen LogP contribution in [0.1, 0.15) is 18.1 Å². The molecule has 0 bridgehead atoms. The second kappa shape index (κ2) is 11.4. The lowest BCUT2D eigenvalue weighted by Gasteiger charge is -2.20. The Labute approximate surface area is 205 Å². The molecule has 35 heavy (non-hydrogen) atoms. The third-order valence-electron chi connectivity index (χ3n) is 4.35. The number of hydroxylamine groups is 2. The molecule has 11 nitrogen and oxygen atoms in total. The highest BCUT2D eigenvalue weighted by Crippen LogP contribution is 2.29. The number of hydrogen-bond acceptors (Lipinski definition) is 9. The Balaban J connectivity index is 2.56. The largest absolute Gasteiger partial charge is 0.365 e. The van der Waals surface area contributed by atoms with E-state index in [1.54, 1.807) is 6.08 Å². The van der Waals surface area contributed by atoms with Crippen molar-refractivity contribution < 1.29 is 30.2 Å². The average molecular weight is 525 g/mol. The Morgan fingerprint density at radius 1 is 1.00 bits per heavy atom. The molecule has 0 aliphatic rings. The molecule has 1 amide bonds. The van der Waals surface area contributed by atoms with Crippen molar-refractivity contribution in [2.24, 2.45) is 10.9 Å². The Hall–Kier alpha value is -3.26. The number of benzene rings is 2. The minimum absolute atomic E-state index is 0.0383. The maximum Gasteiger partial charge on any atom is 0.325 e. The molecule has 0 radical (unpaired) electrons. The molecule has 0 spiro atoms. The van der Waals surface area contributed by atoms with Gasteiger partial charge in [-0.15, -0.1) is 9.35 Å². The van der Waals surface area contributed by atoms with Crippen molar-refractivity contribution in [1.82, 2.24) is 9.96 Å². The number of carbonyl (C=O) groups is 1. The molecule has 190 valence electrons. The van der Waals surface area contributed by atoms with E-state index in [4.69, 9.17) is 5.73 Å². The first-order valence-electron chi connectivity index (χ1n) is 10.1. The minimum Gasteiger partial charge on any atom is -0.365 e. The Morgan fingerprint density at radius 2 is 1.63 bits per heavy atom. The van der Waals surface area contributed by atoms with Crippen LogP contribution in [0.15, 0.2) is 59.3 Å². The Morgan fingerprint density at radius 3 is 2.17 bits per heavy atom. The molecule has 0 saturated heterocycles. The number of hydrogen-bond donors (Lipinski definition) is 1. The molecule has 0 atom stereocenters. The summed E-state index contributed by atoms with van der Waals surface area (Å²) < 4.78 is 54.7. The molecule has 2 aromatic rings. The minimum atomic E-state index is -4.23. The SMILES string of the molecule is C/C(=C\c1cccc(-c2ccccc2)c1CN(C)C)C(=O)N(OS(C)(=O)=O)/C(N)=N/OS(C)(=O)=O. The van der Waals surface area contributed by atoms with Crippen molar-refractivity contribution in [3.8, 4) is 11.1 Å². The molecule has 0 heterocycles. The van der Waals surface area contributed by atoms with E-state index in [-0.39, 0.29) is 10.6 Å². The molecule has 0 unspecified atom stereocenters. The summed E-state index contributed by atoms with van der Waals surface area (Å²) in [5.74, 6) is -1.92. The van der Waals surface area contributed by atoms with Gasteiger partial charge in [-0.25, -0.2) is 0 Å². The van der Waals surface area contributed by atoms with Crippen LogP contribution in [0.2, 0.25) is 0 Å². The molecular weight excluding hydrogens is 496 g/mol. The smallest absolute Gasteiger partial charge is 0.325 e. The van der Waals surface area contributed by atoms with Crippen LogP contribution >= 0.6 is 0 Å². The quantitative estimate of drug-likeness (QED) is 0.224. The number of oxime groups is 1. The topological polar surface area (TPSA) is 149 Å². The summed E-state index contributed by atoms with van der Waals surface area (Å²) in [6, 6.07) is 15.3. The van der Waals surface area contributed by atoms with E-state index in [2.05, 4.69) is 13.7 Å². The molecule has 0 aliphatic carbocycles. The fourth-order valence-electron chi connectivity index (χ4n) is 3.03. The van der Waals surface area contributed by atoms with Crippen LogP contribution in [0.5, 0.6) is 0 Å². The summed E-state index contributed by atoms with van der Waals surface area (Å²) in [5, 5.41) is 3.24. The zero-order valence-corrected chi connectivity index (χ0v) is 21.6. The van der Waals surface area contributed by atoms with E-state index < -0.39 is 32.1 Å². The highest BCUT2D eigenvalue weighted by atomic mass is 32.2. The lowest BCUT2D eigenvalue weighted by Crippen LogP contribution is -2.43. The van der Waals surface area contributed by atoms with Gasteiger partial charge in [0, 0.05) is 12.1 Å². The van der Waals surface area contributed by atoms with E-state index in [9.17, 15) is 21.6 Å². The summed E-state index contributed by atoms with van der Waals surface area (Å²) in [7, 11) is -4.48. The van der Waals surface area contributed by atoms with Crippen LogP contribution < -0.4 is 5.73 Å².